The molecule has 2 saturated heterocycles. The number of rotatable bonds is 11. The van der Waals surface area contributed by atoms with Gasteiger partial charge >= 0.3 is 12.2 Å². The first kappa shape index (κ1) is 41.3. The van der Waals surface area contributed by atoms with Gasteiger partial charge in [-0.05, 0) is 68.4 Å². The van der Waals surface area contributed by atoms with Crippen molar-refractivity contribution in [3.05, 3.63) is 82.3 Å². The Balaban J connectivity index is 0.957. The van der Waals surface area contributed by atoms with Crippen molar-refractivity contribution >= 4 is 46.2 Å². The summed E-state index contributed by atoms with van der Waals surface area (Å²) in [5, 5.41) is 7.06. The Morgan fingerprint density at radius 2 is 1.61 bits per heavy atom. The summed E-state index contributed by atoms with van der Waals surface area (Å²) in [6, 6.07) is 9.98. The SMILES string of the molecule is COC(=O)NCC(=O)N1CCCC1c1ncc(-c2cc(F)c3c(c2)OC(c2cnc(C4CC4)s2)n2c-3cc3cc(-c4cnc(C5CCN5C(=O)C(NC(=O)OC)C(C)C)[nH]4)ccc32)[nH]1. The van der Waals surface area contributed by atoms with Crippen molar-refractivity contribution in [3.63, 3.8) is 0 Å². The second kappa shape index (κ2) is 16.4. The molecular formula is C45H47FN10O7S. The molecule has 0 spiro atoms. The zero-order chi connectivity index (χ0) is 44.4. The van der Waals surface area contributed by atoms with E-state index >= 15 is 4.39 Å². The Labute approximate surface area is 370 Å². The minimum atomic E-state index is -0.734. The number of hydrogen-bond acceptors (Lipinski definition) is 11. The first-order valence-corrected chi connectivity index (χ1v) is 22.3. The number of imidazole rings is 2. The fourth-order valence-electron chi connectivity index (χ4n) is 9.01. The molecular weight excluding hydrogens is 844 g/mol. The van der Waals surface area contributed by atoms with Crippen molar-refractivity contribution in [1.82, 2.24) is 49.9 Å². The van der Waals surface area contributed by atoms with E-state index in [0.29, 0.717) is 65.3 Å². The number of H-pyrrole nitrogens is 2. The van der Waals surface area contributed by atoms with Gasteiger partial charge in [0.25, 0.3) is 0 Å². The van der Waals surface area contributed by atoms with Crippen molar-refractivity contribution in [3.8, 4) is 39.5 Å². The number of ether oxygens (including phenoxy) is 3. The molecule has 17 nitrogen and oxygen atoms in total. The fourth-order valence-corrected chi connectivity index (χ4v) is 10.1. The molecule has 19 heteroatoms. The van der Waals surface area contributed by atoms with Crippen LogP contribution in [0.3, 0.4) is 0 Å². The van der Waals surface area contributed by atoms with Gasteiger partial charge in [-0.2, -0.15) is 0 Å². The minimum absolute atomic E-state index is 0.147. The van der Waals surface area contributed by atoms with Gasteiger partial charge in [0.2, 0.25) is 18.0 Å². The lowest BCUT2D eigenvalue weighted by atomic mass is 9.96. The number of carbonyl (C=O) groups is 4. The molecule has 6 aromatic rings. The summed E-state index contributed by atoms with van der Waals surface area (Å²) in [5.41, 5.74) is 4.56. The predicted octanol–water partition coefficient (Wildman–Crippen LogP) is 7.17. The smallest absolute Gasteiger partial charge is 0.407 e. The molecule has 1 saturated carbocycles. The number of thiazole rings is 1. The molecule has 4 unspecified atom stereocenters. The fraction of sp³-hybridized carbons (Fsp3) is 0.400. The van der Waals surface area contributed by atoms with E-state index in [1.54, 1.807) is 33.5 Å². The highest BCUT2D eigenvalue weighted by molar-refractivity contribution is 7.11. The summed E-state index contributed by atoms with van der Waals surface area (Å²) >= 11 is 1.62. The van der Waals surface area contributed by atoms with Gasteiger partial charge in [-0.3, -0.25) is 14.2 Å². The molecule has 4 atom stereocenters. The van der Waals surface area contributed by atoms with E-state index in [2.05, 4.69) is 35.3 Å². The van der Waals surface area contributed by atoms with Crippen LogP contribution in [0.5, 0.6) is 5.75 Å². The number of nitrogens with zero attached hydrogens (tertiary/aromatic N) is 6. The van der Waals surface area contributed by atoms with Gasteiger partial charge in [0.05, 0.1) is 76.7 Å². The van der Waals surface area contributed by atoms with E-state index in [1.165, 1.54) is 20.3 Å². The first-order valence-electron chi connectivity index (χ1n) is 21.5. The third kappa shape index (κ3) is 7.40. The highest BCUT2D eigenvalue weighted by Crippen LogP contribution is 2.50. The van der Waals surface area contributed by atoms with E-state index in [0.717, 1.165) is 57.7 Å². The third-order valence-electron chi connectivity index (χ3n) is 12.6. The number of hydrogen-bond donors (Lipinski definition) is 4. The Kier molecular flexibility index (Phi) is 10.6. The lowest BCUT2D eigenvalue weighted by Gasteiger charge is -2.42. The molecule has 4 aliphatic rings. The largest absolute Gasteiger partial charge is 0.464 e. The second-order valence-electron chi connectivity index (χ2n) is 17.0. The molecule has 64 heavy (non-hydrogen) atoms. The maximum Gasteiger partial charge on any atom is 0.407 e. The van der Waals surface area contributed by atoms with Gasteiger partial charge < -0.3 is 44.6 Å². The summed E-state index contributed by atoms with van der Waals surface area (Å²) in [4.78, 5) is 75.4. The number of amides is 4. The summed E-state index contributed by atoms with van der Waals surface area (Å²) in [6.45, 7) is 4.61. The average Bonchev–Trinajstić information content (AvgIpc) is 3.86. The number of likely N-dealkylation sites (tertiary alicyclic amines) is 2. The number of halogens is 1. The lowest BCUT2D eigenvalue weighted by Crippen LogP contribution is -2.56. The molecule has 1 aliphatic carbocycles. The van der Waals surface area contributed by atoms with Gasteiger partial charge in [-0.1, -0.05) is 19.9 Å². The Hall–Kier alpha value is -6.76. The first-order chi connectivity index (χ1) is 31.0. The van der Waals surface area contributed by atoms with Crippen molar-refractivity contribution in [1.29, 1.82) is 0 Å². The number of aromatic amines is 2. The third-order valence-corrected chi connectivity index (χ3v) is 13.8. The quantitative estimate of drug-likeness (QED) is 0.103. The van der Waals surface area contributed by atoms with Crippen molar-refractivity contribution in [2.24, 2.45) is 5.92 Å². The lowest BCUT2D eigenvalue weighted by molar-refractivity contribution is -0.142. The van der Waals surface area contributed by atoms with Crippen LogP contribution in [0.1, 0.15) is 91.7 Å². The van der Waals surface area contributed by atoms with Gasteiger partial charge in [-0.25, -0.2) is 28.9 Å². The maximum absolute atomic E-state index is 16.7. The summed E-state index contributed by atoms with van der Waals surface area (Å²) in [6.07, 6.45) is 7.69. The van der Waals surface area contributed by atoms with E-state index in [4.69, 9.17) is 14.5 Å². The van der Waals surface area contributed by atoms with Gasteiger partial charge in [0.15, 0.2) is 0 Å². The van der Waals surface area contributed by atoms with Gasteiger partial charge in [0, 0.05) is 41.7 Å². The van der Waals surface area contributed by atoms with Crippen molar-refractivity contribution in [2.75, 3.05) is 33.9 Å². The number of alkyl carbamates (subject to hydrolysis) is 2. The average molecular weight is 891 g/mol. The standard InChI is InChI=1S/C45H47FN10O7S/c1-22(2)38(53-45(60)62-4)42(58)55-13-11-32(55)40-47-18-28(51-40)24-9-10-30-26(14-24)16-33-37-27(46)15-25(17-34(37)63-43(56(30)33)35-20-49-41(64-35)23-7-8-23)29-19-48-39(52-29)31-6-5-12-54(31)36(57)21-50-44(59)61-3/h9-10,14-20,22-23,31-32,38,43H,5-8,11-13,21H2,1-4H3,(H,47,51)(H,48,52)(H,50,59)(H,53,60). The Morgan fingerprint density at radius 3 is 2.30 bits per heavy atom. The highest BCUT2D eigenvalue weighted by atomic mass is 32.1. The van der Waals surface area contributed by atoms with Crippen LogP contribution in [0.15, 0.2) is 55.0 Å². The minimum Gasteiger partial charge on any atom is -0.464 e. The van der Waals surface area contributed by atoms with E-state index in [9.17, 15) is 19.2 Å². The Morgan fingerprint density at radius 1 is 0.875 bits per heavy atom. The van der Waals surface area contributed by atoms with Crippen LogP contribution in [0.4, 0.5) is 14.0 Å². The molecule has 0 radical (unpaired) electrons. The topological polar surface area (TPSA) is 202 Å². The van der Waals surface area contributed by atoms with Crippen LogP contribution in [-0.2, 0) is 19.1 Å². The molecule has 4 amide bonds. The number of carbonyl (C=O) groups excluding carboxylic acids is 4. The van der Waals surface area contributed by atoms with Crippen molar-refractivity contribution in [2.45, 2.75) is 76.2 Å². The maximum atomic E-state index is 16.7. The highest BCUT2D eigenvalue weighted by Gasteiger charge is 2.41. The van der Waals surface area contributed by atoms with Crippen LogP contribution in [0.2, 0.25) is 0 Å². The molecule has 0 bridgehead atoms. The molecule has 3 fully saturated rings. The Bertz CT molecular complexity index is 2810. The molecule has 4 aromatic heterocycles. The van der Waals surface area contributed by atoms with E-state index < -0.39 is 30.3 Å². The van der Waals surface area contributed by atoms with Crippen LogP contribution < -0.4 is 15.4 Å². The van der Waals surface area contributed by atoms with Crippen LogP contribution in [0, 0.1) is 11.7 Å². The predicted molar refractivity (Wildman–Crippen MR) is 233 cm³/mol. The number of benzene rings is 2. The number of methoxy groups -OCH3 is 2. The molecule has 7 heterocycles. The van der Waals surface area contributed by atoms with Gasteiger partial charge in [0.1, 0.15) is 35.8 Å². The van der Waals surface area contributed by atoms with Crippen LogP contribution >= 0.6 is 11.3 Å². The second-order valence-corrected chi connectivity index (χ2v) is 18.1. The zero-order valence-electron chi connectivity index (χ0n) is 35.6. The van der Waals surface area contributed by atoms with Crippen LogP contribution in [-0.4, -0.2) is 103 Å². The van der Waals surface area contributed by atoms with Crippen molar-refractivity contribution < 1.29 is 37.8 Å². The molecule has 10 rings (SSSR count). The normalized spacial score (nSPS) is 19.4. The molecule has 4 N–H and O–H groups in total. The summed E-state index contributed by atoms with van der Waals surface area (Å²) < 4.78 is 35.0. The number of aromatic nitrogens is 6. The van der Waals surface area contributed by atoms with Gasteiger partial charge in [-0.15, -0.1) is 11.3 Å². The van der Waals surface area contributed by atoms with Crippen LogP contribution in [0.25, 0.3) is 44.7 Å². The number of nitrogens with one attached hydrogen (secondary N) is 4. The number of fused-ring (bicyclic) bond motifs is 5. The summed E-state index contributed by atoms with van der Waals surface area (Å²) in [5.74, 6) is 0.975. The monoisotopic (exact) mass is 890 g/mol. The van der Waals surface area contributed by atoms with E-state index in [-0.39, 0.29) is 36.4 Å². The zero-order valence-corrected chi connectivity index (χ0v) is 36.5. The summed E-state index contributed by atoms with van der Waals surface area (Å²) in [7, 11) is 2.51. The molecule has 2 aromatic carbocycles. The molecule has 332 valence electrons. The van der Waals surface area contributed by atoms with E-state index in [1.807, 2.05) is 54.9 Å². The molecule has 3 aliphatic heterocycles.